The maximum absolute atomic E-state index is 4.43. The van der Waals surface area contributed by atoms with Crippen LogP contribution in [0, 0.1) is 6.92 Å². The number of hydrogen-bond acceptors (Lipinski definition) is 4. The molecule has 0 bridgehead atoms. The van der Waals surface area contributed by atoms with E-state index >= 15 is 0 Å². The van der Waals surface area contributed by atoms with E-state index in [-0.39, 0.29) is 6.04 Å². The van der Waals surface area contributed by atoms with Gasteiger partial charge in [-0.1, -0.05) is 6.92 Å². The molecule has 0 radical (unpaired) electrons. The summed E-state index contributed by atoms with van der Waals surface area (Å²) in [6, 6.07) is 2.43. The van der Waals surface area contributed by atoms with Crippen molar-refractivity contribution in [2.45, 2.75) is 32.7 Å². The summed E-state index contributed by atoms with van der Waals surface area (Å²) < 4.78 is 0. The van der Waals surface area contributed by atoms with E-state index in [0.29, 0.717) is 0 Å². The maximum Gasteiger partial charge on any atom is 0.145 e. The van der Waals surface area contributed by atoms with E-state index in [4.69, 9.17) is 0 Å². The Kier molecular flexibility index (Phi) is 4.84. The van der Waals surface area contributed by atoms with Crippen molar-refractivity contribution in [2.75, 3.05) is 6.54 Å². The van der Waals surface area contributed by atoms with Gasteiger partial charge in [0.25, 0.3) is 0 Å². The van der Waals surface area contributed by atoms with Gasteiger partial charge in [0.2, 0.25) is 0 Å². The number of aromatic nitrogens is 2. The standard InChI is InChI=1S/C14H19N3S/c1-3-15-13(5-4-12-6-7-18-10-12)14-16-8-11(2)9-17-14/h6-10,13,15H,3-5H2,1-2H3. The molecule has 0 amide bonds. The molecule has 0 fully saturated rings. The summed E-state index contributed by atoms with van der Waals surface area (Å²) in [5.74, 6) is 0.901. The minimum absolute atomic E-state index is 0.246. The SMILES string of the molecule is CCNC(CCc1ccsc1)c1ncc(C)cn1. The molecule has 2 aromatic heterocycles. The Hall–Kier alpha value is -1.26. The van der Waals surface area contributed by atoms with E-state index in [1.165, 1.54) is 5.56 Å². The van der Waals surface area contributed by atoms with Gasteiger partial charge >= 0.3 is 0 Å². The molecule has 0 saturated carbocycles. The third-order valence-electron chi connectivity index (χ3n) is 2.86. The molecule has 96 valence electrons. The molecular formula is C14H19N3S. The highest BCUT2D eigenvalue weighted by Crippen LogP contribution is 2.17. The summed E-state index contributed by atoms with van der Waals surface area (Å²) in [4.78, 5) is 8.85. The van der Waals surface area contributed by atoms with Crippen molar-refractivity contribution in [1.29, 1.82) is 0 Å². The van der Waals surface area contributed by atoms with Crippen molar-refractivity contribution in [1.82, 2.24) is 15.3 Å². The van der Waals surface area contributed by atoms with Gasteiger partial charge < -0.3 is 5.32 Å². The van der Waals surface area contributed by atoms with Gasteiger partial charge in [0.05, 0.1) is 6.04 Å². The smallest absolute Gasteiger partial charge is 0.145 e. The summed E-state index contributed by atoms with van der Waals surface area (Å²) in [6.07, 6.45) is 5.88. The lowest BCUT2D eigenvalue weighted by Crippen LogP contribution is -2.23. The monoisotopic (exact) mass is 261 g/mol. The van der Waals surface area contributed by atoms with Crippen LogP contribution in [-0.2, 0) is 6.42 Å². The number of aryl methyl sites for hydroxylation is 2. The first-order valence-electron chi connectivity index (χ1n) is 6.32. The lowest BCUT2D eigenvalue weighted by molar-refractivity contribution is 0.490. The molecule has 0 aliphatic carbocycles. The minimum atomic E-state index is 0.246. The summed E-state index contributed by atoms with van der Waals surface area (Å²) in [5, 5.41) is 7.79. The molecule has 0 saturated heterocycles. The third kappa shape index (κ3) is 3.62. The Labute approximate surface area is 112 Å². The van der Waals surface area contributed by atoms with E-state index in [9.17, 15) is 0 Å². The maximum atomic E-state index is 4.43. The highest BCUT2D eigenvalue weighted by molar-refractivity contribution is 7.07. The highest BCUT2D eigenvalue weighted by Gasteiger charge is 2.13. The van der Waals surface area contributed by atoms with Crippen molar-refractivity contribution in [3.05, 3.63) is 46.2 Å². The minimum Gasteiger partial charge on any atom is -0.308 e. The number of thiophene rings is 1. The average molecular weight is 261 g/mol. The van der Waals surface area contributed by atoms with Crippen LogP contribution in [0.15, 0.2) is 29.2 Å². The lowest BCUT2D eigenvalue weighted by Gasteiger charge is -2.16. The summed E-state index contributed by atoms with van der Waals surface area (Å²) >= 11 is 1.75. The molecule has 2 heterocycles. The molecule has 0 aliphatic rings. The molecule has 2 aromatic rings. The fraction of sp³-hybridized carbons (Fsp3) is 0.429. The molecule has 4 heteroatoms. The Morgan fingerprint density at radius 2 is 2.11 bits per heavy atom. The van der Waals surface area contributed by atoms with Crippen LogP contribution >= 0.6 is 11.3 Å². The molecule has 18 heavy (non-hydrogen) atoms. The van der Waals surface area contributed by atoms with Crippen molar-refractivity contribution >= 4 is 11.3 Å². The van der Waals surface area contributed by atoms with Crippen LogP contribution in [0.2, 0.25) is 0 Å². The third-order valence-corrected chi connectivity index (χ3v) is 3.60. The van der Waals surface area contributed by atoms with Crippen LogP contribution in [0.4, 0.5) is 0 Å². The van der Waals surface area contributed by atoms with E-state index in [1.54, 1.807) is 11.3 Å². The zero-order valence-corrected chi connectivity index (χ0v) is 11.7. The molecule has 0 aliphatic heterocycles. The van der Waals surface area contributed by atoms with Crippen LogP contribution in [0.1, 0.15) is 36.3 Å². The molecule has 1 unspecified atom stereocenters. The predicted octanol–water partition coefficient (Wildman–Crippen LogP) is 3.13. The Balaban J connectivity index is 2.01. The van der Waals surface area contributed by atoms with Crippen LogP contribution in [0.3, 0.4) is 0 Å². The molecule has 0 aromatic carbocycles. The quantitative estimate of drug-likeness (QED) is 0.868. The second-order valence-corrected chi connectivity index (χ2v) is 5.18. The van der Waals surface area contributed by atoms with E-state index < -0.39 is 0 Å². The first-order valence-corrected chi connectivity index (χ1v) is 7.27. The van der Waals surface area contributed by atoms with Gasteiger partial charge in [-0.2, -0.15) is 11.3 Å². The van der Waals surface area contributed by atoms with Crippen LogP contribution in [0.5, 0.6) is 0 Å². The van der Waals surface area contributed by atoms with Gasteiger partial charge in [0, 0.05) is 12.4 Å². The Bertz CT molecular complexity index is 450. The zero-order chi connectivity index (χ0) is 12.8. The molecule has 2 rings (SSSR count). The topological polar surface area (TPSA) is 37.8 Å². The zero-order valence-electron chi connectivity index (χ0n) is 10.9. The summed E-state index contributed by atoms with van der Waals surface area (Å²) in [7, 11) is 0. The van der Waals surface area contributed by atoms with Crippen molar-refractivity contribution in [3.8, 4) is 0 Å². The Morgan fingerprint density at radius 1 is 1.33 bits per heavy atom. The second kappa shape index (κ2) is 6.61. The van der Waals surface area contributed by atoms with Crippen molar-refractivity contribution < 1.29 is 0 Å². The van der Waals surface area contributed by atoms with Crippen LogP contribution < -0.4 is 5.32 Å². The van der Waals surface area contributed by atoms with Gasteiger partial charge in [-0.25, -0.2) is 9.97 Å². The highest BCUT2D eigenvalue weighted by atomic mass is 32.1. The van der Waals surface area contributed by atoms with Gasteiger partial charge in [-0.05, 0) is 54.3 Å². The van der Waals surface area contributed by atoms with Gasteiger partial charge in [-0.15, -0.1) is 0 Å². The largest absolute Gasteiger partial charge is 0.308 e. The number of nitrogens with zero attached hydrogens (tertiary/aromatic N) is 2. The van der Waals surface area contributed by atoms with Crippen LogP contribution in [-0.4, -0.2) is 16.5 Å². The van der Waals surface area contributed by atoms with Crippen molar-refractivity contribution in [2.24, 2.45) is 0 Å². The summed E-state index contributed by atoms with van der Waals surface area (Å²) in [5.41, 5.74) is 2.50. The van der Waals surface area contributed by atoms with Crippen molar-refractivity contribution in [3.63, 3.8) is 0 Å². The van der Waals surface area contributed by atoms with Gasteiger partial charge in [0.15, 0.2) is 0 Å². The number of nitrogens with one attached hydrogen (secondary N) is 1. The first kappa shape index (κ1) is 13.2. The lowest BCUT2D eigenvalue weighted by atomic mass is 10.1. The van der Waals surface area contributed by atoms with Gasteiger partial charge in [0.1, 0.15) is 5.82 Å². The number of hydrogen-bond donors (Lipinski definition) is 1. The van der Waals surface area contributed by atoms with E-state index in [0.717, 1.165) is 30.8 Å². The normalized spacial score (nSPS) is 12.6. The van der Waals surface area contributed by atoms with E-state index in [2.05, 4.69) is 39.0 Å². The van der Waals surface area contributed by atoms with Gasteiger partial charge in [-0.3, -0.25) is 0 Å². The molecular weight excluding hydrogens is 242 g/mol. The van der Waals surface area contributed by atoms with E-state index in [1.807, 2.05) is 19.3 Å². The molecule has 1 N–H and O–H groups in total. The fourth-order valence-electron chi connectivity index (χ4n) is 1.90. The second-order valence-electron chi connectivity index (χ2n) is 4.40. The predicted molar refractivity (Wildman–Crippen MR) is 75.8 cm³/mol. The van der Waals surface area contributed by atoms with Crippen LogP contribution in [0.25, 0.3) is 0 Å². The Morgan fingerprint density at radius 3 is 2.72 bits per heavy atom. The molecule has 1 atom stereocenters. The number of rotatable bonds is 6. The average Bonchev–Trinajstić information content (AvgIpc) is 2.89. The molecule has 0 spiro atoms. The first-order chi connectivity index (χ1) is 8.79. The summed E-state index contributed by atoms with van der Waals surface area (Å²) in [6.45, 7) is 5.06. The fourth-order valence-corrected chi connectivity index (χ4v) is 2.60. The molecule has 3 nitrogen and oxygen atoms in total.